The summed E-state index contributed by atoms with van der Waals surface area (Å²) in [6, 6.07) is 14.7. The Morgan fingerprint density at radius 1 is 1.21 bits per heavy atom. The van der Waals surface area contributed by atoms with E-state index < -0.39 is 0 Å². The molecule has 0 saturated heterocycles. The highest BCUT2D eigenvalue weighted by Crippen LogP contribution is 2.65. The van der Waals surface area contributed by atoms with Crippen molar-refractivity contribution in [3.05, 3.63) is 63.6 Å². The number of hydrogen-bond donors (Lipinski definition) is 2. The molecule has 2 aliphatic carbocycles. The summed E-state index contributed by atoms with van der Waals surface area (Å²) in [6.45, 7) is 0.257. The molecular weight excluding hydrogens is 418 g/mol. The molecule has 1 aliphatic heterocycles. The zero-order valence-electron chi connectivity index (χ0n) is 15.8. The van der Waals surface area contributed by atoms with Crippen LogP contribution in [0, 0.1) is 23.7 Å². The molecule has 0 spiro atoms. The van der Waals surface area contributed by atoms with Crippen LogP contribution in [0.2, 0.25) is 0 Å². The van der Waals surface area contributed by atoms with Gasteiger partial charge in [0.2, 0.25) is 0 Å². The van der Waals surface area contributed by atoms with Gasteiger partial charge in [0.05, 0.1) is 18.7 Å². The fourth-order valence-electron chi connectivity index (χ4n) is 6.12. The van der Waals surface area contributed by atoms with Crippen LogP contribution in [0.1, 0.15) is 46.3 Å². The average Bonchev–Trinajstić information content (AvgIpc) is 3.32. The van der Waals surface area contributed by atoms with Gasteiger partial charge in [0.15, 0.2) is 0 Å². The number of methoxy groups -OCH3 is 1. The number of aliphatic hydroxyl groups excluding tert-OH is 1. The van der Waals surface area contributed by atoms with E-state index in [9.17, 15) is 9.90 Å². The molecule has 6 atom stereocenters. The highest BCUT2D eigenvalue weighted by Gasteiger charge is 2.57. The van der Waals surface area contributed by atoms with Crippen molar-refractivity contribution in [2.24, 2.45) is 23.7 Å². The summed E-state index contributed by atoms with van der Waals surface area (Å²) in [4.78, 5) is 12.1. The standard InChI is InChI=1S/C23H24BrNO3/c1-28-23(27)13-4-7-19-18(9-13)21-17-10-14(8-15(17)11-26)20(21)22(25-19)12-2-5-16(24)6-3-12/h2-7,9,14-15,17,20-22,25-26H,8,10-11H2,1H3/t14-,15-,17-,20+,21+,22-/m0/s1. The molecule has 5 rings (SSSR count). The molecule has 0 unspecified atom stereocenters. The van der Waals surface area contributed by atoms with Gasteiger partial charge in [-0.2, -0.15) is 0 Å². The minimum absolute atomic E-state index is 0.254. The topological polar surface area (TPSA) is 58.6 Å². The number of esters is 1. The SMILES string of the molecule is COC(=O)c1ccc2c(c1)[C@H]1[C@H]3C[C@H](C[C@H]3CO)[C@H]1[C@H](c1ccc(Br)cc1)N2. The summed E-state index contributed by atoms with van der Waals surface area (Å²) >= 11 is 3.54. The smallest absolute Gasteiger partial charge is 0.337 e. The fourth-order valence-corrected chi connectivity index (χ4v) is 6.38. The highest BCUT2D eigenvalue weighted by atomic mass is 79.9. The van der Waals surface area contributed by atoms with Crippen LogP contribution in [-0.4, -0.2) is 24.8 Å². The van der Waals surface area contributed by atoms with E-state index in [2.05, 4.69) is 45.5 Å². The number of fused-ring (bicyclic) bond motifs is 7. The van der Waals surface area contributed by atoms with Gasteiger partial charge in [-0.25, -0.2) is 4.79 Å². The first-order chi connectivity index (χ1) is 13.6. The molecule has 4 nitrogen and oxygen atoms in total. The largest absolute Gasteiger partial charge is 0.465 e. The Balaban J connectivity index is 1.61. The highest BCUT2D eigenvalue weighted by molar-refractivity contribution is 9.10. The van der Waals surface area contributed by atoms with Crippen LogP contribution < -0.4 is 5.32 Å². The zero-order chi connectivity index (χ0) is 19.4. The summed E-state index contributed by atoms with van der Waals surface area (Å²) in [6.07, 6.45) is 2.26. The van der Waals surface area contributed by atoms with E-state index in [0.717, 1.165) is 23.0 Å². The van der Waals surface area contributed by atoms with Crippen LogP contribution in [0.4, 0.5) is 5.69 Å². The first kappa shape index (κ1) is 18.2. The van der Waals surface area contributed by atoms with E-state index in [1.54, 1.807) is 0 Å². The van der Waals surface area contributed by atoms with Gasteiger partial charge in [-0.1, -0.05) is 28.1 Å². The molecule has 0 amide bonds. The molecule has 0 aromatic heterocycles. The molecule has 5 heteroatoms. The van der Waals surface area contributed by atoms with Crippen molar-refractivity contribution in [1.29, 1.82) is 0 Å². The van der Waals surface area contributed by atoms with Gasteiger partial charge in [0.25, 0.3) is 0 Å². The maximum Gasteiger partial charge on any atom is 0.337 e. The van der Waals surface area contributed by atoms with E-state index >= 15 is 0 Å². The van der Waals surface area contributed by atoms with Gasteiger partial charge >= 0.3 is 5.97 Å². The third kappa shape index (κ3) is 2.71. The number of nitrogens with one attached hydrogen (secondary N) is 1. The number of carbonyl (C=O) groups excluding carboxylic acids is 1. The van der Waals surface area contributed by atoms with Crippen LogP contribution in [0.5, 0.6) is 0 Å². The van der Waals surface area contributed by atoms with Crippen LogP contribution in [-0.2, 0) is 4.74 Å². The monoisotopic (exact) mass is 441 g/mol. The molecular formula is C23H24BrNO3. The first-order valence-electron chi connectivity index (χ1n) is 9.96. The molecule has 28 heavy (non-hydrogen) atoms. The van der Waals surface area contributed by atoms with Gasteiger partial charge in [0, 0.05) is 16.8 Å². The maximum atomic E-state index is 12.1. The van der Waals surface area contributed by atoms with Gasteiger partial charge in [0.1, 0.15) is 0 Å². The number of halogens is 1. The lowest BCUT2D eigenvalue weighted by Crippen LogP contribution is -2.38. The summed E-state index contributed by atoms with van der Waals surface area (Å²) in [5.74, 6) is 2.00. The Kier molecular flexibility index (Phi) is 4.48. The van der Waals surface area contributed by atoms with Crippen molar-refractivity contribution >= 4 is 27.6 Å². The molecule has 2 N–H and O–H groups in total. The van der Waals surface area contributed by atoms with Crippen molar-refractivity contribution in [2.45, 2.75) is 24.8 Å². The predicted octanol–water partition coefficient (Wildman–Crippen LogP) is 4.75. The lowest BCUT2D eigenvalue weighted by atomic mass is 9.65. The maximum absolute atomic E-state index is 12.1. The van der Waals surface area contributed by atoms with Crippen molar-refractivity contribution in [3.8, 4) is 0 Å². The lowest BCUT2D eigenvalue weighted by Gasteiger charge is -2.45. The third-order valence-corrected chi connectivity index (χ3v) is 7.73. The number of anilines is 1. The second-order valence-corrected chi connectivity index (χ2v) is 9.32. The predicted molar refractivity (Wildman–Crippen MR) is 111 cm³/mol. The first-order valence-corrected chi connectivity index (χ1v) is 10.7. The second-order valence-electron chi connectivity index (χ2n) is 8.41. The van der Waals surface area contributed by atoms with Gasteiger partial charge in [-0.05, 0) is 83.9 Å². The molecule has 2 fully saturated rings. The molecule has 2 bridgehead atoms. The molecule has 1 heterocycles. The van der Waals surface area contributed by atoms with Crippen LogP contribution >= 0.6 is 15.9 Å². The van der Waals surface area contributed by atoms with Gasteiger partial charge in [-0.3, -0.25) is 0 Å². The minimum Gasteiger partial charge on any atom is -0.465 e. The number of rotatable bonds is 3. The minimum atomic E-state index is -0.295. The summed E-state index contributed by atoms with van der Waals surface area (Å²) in [5, 5.41) is 13.7. The quantitative estimate of drug-likeness (QED) is 0.674. The van der Waals surface area contributed by atoms with E-state index in [-0.39, 0.29) is 18.6 Å². The number of carbonyl (C=O) groups is 1. The Labute approximate surface area is 173 Å². The average molecular weight is 442 g/mol. The normalized spacial score (nSPS) is 32.4. The Bertz CT molecular complexity index is 913. The van der Waals surface area contributed by atoms with Gasteiger partial charge < -0.3 is 15.2 Å². The molecule has 2 aromatic rings. The number of aliphatic hydroxyl groups is 1. The summed E-state index contributed by atoms with van der Waals surface area (Å²) < 4.78 is 6.02. The van der Waals surface area contributed by atoms with Crippen molar-refractivity contribution in [2.75, 3.05) is 19.0 Å². The number of ether oxygens (including phenoxy) is 1. The second kappa shape index (κ2) is 6.89. The number of benzene rings is 2. The molecule has 3 aliphatic rings. The van der Waals surface area contributed by atoms with E-state index in [1.807, 2.05) is 18.2 Å². The van der Waals surface area contributed by atoms with Crippen LogP contribution in [0.25, 0.3) is 0 Å². The summed E-state index contributed by atoms with van der Waals surface area (Å²) in [5.41, 5.74) is 4.22. The van der Waals surface area contributed by atoms with Crippen molar-refractivity contribution in [1.82, 2.24) is 0 Å². The van der Waals surface area contributed by atoms with Crippen molar-refractivity contribution < 1.29 is 14.6 Å². The summed E-state index contributed by atoms with van der Waals surface area (Å²) in [7, 11) is 1.42. The third-order valence-electron chi connectivity index (χ3n) is 7.20. The van der Waals surface area contributed by atoms with Crippen molar-refractivity contribution in [3.63, 3.8) is 0 Å². The Morgan fingerprint density at radius 3 is 2.71 bits per heavy atom. The Morgan fingerprint density at radius 2 is 2.00 bits per heavy atom. The lowest BCUT2D eigenvalue weighted by molar-refractivity contribution is 0.0600. The molecule has 2 aromatic carbocycles. The fraction of sp³-hybridized carbons (Fsp3) is 0.435. The molecule has 0 radical (unpaired) electrons. The molecule has 146 valence electrons. The Hall–Kier alpha value is -1.85. The van der Waals surface area contributed by atoms with E-state index in [1.165, 1.54) is 18.2 Å². The number of hydrogen-bond acceptors (Lipinski definition) is 4. The van der Waals surface area contributed by atoms with E-state index in [4.69, 9.17) is 4.74 Å². The van der Waals surface area contributed by atoms with E-state index in [0.29, 0.717) is 35.2 Å². The van der Waals surface area contributed by atoms with Gasteiger partial charge in [-0.15, -0.1) is 0 Å². The molecule has 2 saturated carbocycles. The zero-order valence-corrected chi connectivity index (χ0v) is 17.4. The van der Waals surface area contributed by atoms with Crippen LogP contribution in [0.15, 0.2) is 46.9 Å². The van der Waals surface area contributed by atoms with Crippen LogP contribution in [0.3, 0.4) is 0 Å².